The number of alkyl halides is 1. The molecule has 0 N–H and O–H groups in total. The highest BCUT2D eigenvalue weighted by Crippen LogP contribution is 2.40. The number of ether oxygens (including phenoxy) is 1. The van der Waals surface area contributed by atoms with E-state index in [1.165, 1.54) is 0 Å². The summed E-state index contributed by atoms with van der Waals surface area (Å²) >= 11 is 12.5. The summed E-state index contributed by atoms with van der Waals surface area (Å²) in [5, 5.41) is 0.138. The monoisotopic (exact) mass is 308 g/mol. The van der Waals surface area contributed by atoms with Crippen LogP contribution in [0.3, 0.4) is 0 Å². The molecule has 2 atom stereocenters. The third kappa shape index (κ3) is 2.92. The van der Waals surface area contributed by atoms with Crippen molar-refractivity contribution in [3.05, 3.63) is 28.8 Å². The van der Waals surface area contributed by atoms with E-state index in [9.17, 15) is 8.42 Å². The van der Waals surface area contributed by atoms with Crippen LogP contribution in [0.15, 0.2) is 18.2 Å². The Morgan fingerprint density at radius 1 is 1.44 bits per heavy atom. The van der Waals surface area contributed by atoms with Gasteiger partial charge in [0, 0.05) is 5.02 Å². The molecule has 100 valence electrons. The summed E-state index contributed by atoms with van der Waals surface area (Å²) in [5.74, 6) is 0.951. The van der Waals surface area contributed by atoms with Gasteiger partial charge in [-0.3, -0.25) is 0 Å². The second-order valence-corrected chi connectivity index (χ2v) is 7.56. The molecule has 3 nitrogen and oxygen atoms in total. The molecule has 6 heteroatoms. The summed E-state index contributed by atoms with van der Waals surface area (Å²) in [6, 6.07) is 5.26. The first-order valence-electron chi connectivity index (χ1n) is 5.61. The highest BCUT2D eigenvalue weighted by atomic mass is 35.5. The zero-order valence-electron chi connectivity index (χ0n) is 9.90. The van der Waals surface area contributed by atoms with Gasteiger partial charge >= 0.3 is 0 Å². The van der Waals surface area contributed by atoms with Gasteiger partial charge in [-0.15, -0.1) is 11.6 Å². The average molecular weight is 309 g/mol. The molecule has 0 aromatic heterocycles. The first-order chi connectivity index (χ1) is 8.43. The molecule has 2 unspecified atom stereocenters. The van der Waals surface area contributed by atoms with Gasteiger partial charge in [-0.05, 0) is 30.0 Å². The number of hydrogen-bond donors (Lipinski definition) is 0. The lowest BCUT2D eigenvalue weighted by Gasteiger charge is -2.17. The van der Waals surface area contributed by atoms with Gasteiger partial charge in [-0.2, -0.15) is 0 Å². The SMILES string of the molecule is COc1ccc(C(Cl)C2CCS(=O)(=O)C2)c(Cl)c1. The van der Waals surface area contributed by atoms with E-state index < -0.39 is 9.84 Å². The molecule has 1 fully saturated rings. The van der Waals surface area contributed by atoms with Gasteiger partial charge in [-0.25, -0.2) is 8.42 Å². The lowest BCUT2D eigenvalue weighted by atomic mass is 9.98. The average Bonchev–Trinajstić information content (AvgIpc) is 2.68. The molecule has 1 aliphatic heterocycles. The number of rotatable bonds is 3. The molecule has 0 saturated carbocycles. The number of methoxy groups -OCH3 is 1. The number of benzene rings is 1. The molecule has 18 heavy (non-hydrogen) atoms. The molecule has 0 aliphatic carbocycles. The molecule has 1 aromatic carbocycles. The first kappa shape index (κ1) is 14.0. The fraction of sp³-hybridized carbons (Fsp3) is 0.500. The quantitative estimate of drug-likeness (QED) is 0.806. The Balaban J connectivity index is 2.21. The smallest absolute Gasteiger partial charge is 0.150 e. The Morgan fingerprint density at radius 2 is 2.17 bits per heavy atom. The van der Waals surface area contributed by atoms with Crippen LogP contribution >= 0.6 is 23.2 Å². The van der Waals surface area contributed by atoms with Crippen molar-refractivity contribution in [2.24, 2.45) is 5.92 Å². The highest BCUT2D eigenvalue weighted by Gasteiger charge is 2.34. The van der Waals surface area contributed by atoms with Crippen molar-refractivity contribution in [2.75, 3.05) is 18.6 Å². The number of hydrogen-bond acceptors (Lipinski definition) is 3. The van der Waals surface area contributed by atoms with Crippen molar-refractivity contribution in [3.63, 3.8) is 0 Å². The lowest BCUT2D eigenvalue weighted by Crippen LogP contribution is -2.10. The summed E-state index contributed by atoms with van der Waals surface area (Å²) in [5.41, 5.74) is 0.765. The third-order valence-electron chi connectivity index (χ3n) is 3.19. The maximum atomic E-state index is 11.5. The van der Waals surface area contributed by atoms with E-state index in [1.54, 1.807) is 25.3 Å². The van der Waals surface area contributed by atoms with Gasteiger partial charge in [0.25, 0.3) is 0 Å². The largest absolute Gasteiger partial charge is 0.497 e. The summed E-state index contributed by atoms with van der Waals surface area (Å²) in [6.45, 7) is 0. The second kappa shape index (κ2) is 5.27. The number of sulfone groups is 1. The van der Waals surface area contributed by atoms with Crippen molar-refractivity contribution >= 4 is 33.0 Å². The van der Waals surface area contributed by atoms with Crippen LogP contribution in [0.1, 0.15) is 17.4 Å². The van der Waals surface area contributed by atoms with Crippen LogP contribution in [0, 0.1) is 5.92 Å². The van der Waals surface area contributed by atoms with Crippen LogP contribution in [0.5, 0.6) is 5.75 Å². The van der Waals surface area contributed by atoms with E-state index in [-0.39, 0.29) is 22.8 Å². The molecule has 1 saturated heterocycles. The van der Waals surface area contributed by atoms with Crippen molar-refractivity contribution in [3.8, 4) is 5.75 Å². The molecular weight excluding hydrogens is 295 g/mol. The molecule has 0 spiro atoms. The van der Waals surface area contributed by atoms with Crippen molar-refractivity contribution < 1.29 is 13.2 Å². The minimum atomic E-state index is -2.93. The van der Waals surface area contributed by atoms with Crippen molar-refractivity contribution in [1.29, 1.82) is 0 Å². The predicted octanol–water partition coefficient (Wildman–Crippen LogP) is 3.06. The molecule has 0 amide bonds. The Kier molecular flexibility index (Phi) is 4.09. The molecule has 1 aliphatic rings. The van der Waals surface area contributed by atoms with E-state index in [0.717, 1.165) is 5.56 Å². The standard InChI is InChI=1S/C12H14Cl2O3S/c1-17-9-2-3-10(11(13)6-9)12(14)8-4-5-18(15,16)7-8/h2-3,6,8,12H,4-5,7H2,1H3. The summed E-state index contributed by atoms with van der Waals surface area (Å²) < 4.78 is 28.0. The Hall–Kier alpha value is -0.450. The fourth-order valence-corrected chi connectivity index (χ4v) is 4.86. The van der Waals surface area contributed by atoms with Gasteiger partial charge in [0.05, 0.1) is 24.0 Å². The first-order valence-corrected chi connectivity index (χ1v) is 8.24. The van der Waals surface area contributed by atoms with Gasteiger partial charge in [0.1, 0.15) is 5.75 Å². The minimum absolute atomic E-state index is 0.0671. The zero-order chi connectivity index (χ0) is 13.3. The maximum absolute atomic E-state index is 11.5. The topological polar surface area (TPSA) is 43.4 Å². The lowest BCUT2D eigenvalue weighted by molar-refractivity contribution is 0.414. The van der Waals surface area contributed by atoms with E-state index >= 15 is 0 Å². The number of halogens is 2. The van der Waals surface area contributed by atoms with Gasteiger partial charge in [0.2, 0.25) is 0 Å². The normalized spacial score (nSPS) is 23.8. The Labute approximate surface area is 117 Å². The Morgan fingerprint density at radius 3 is 2.67 bits per heavy atom. The van der Waals surface area contributed by atoms with E-state index in [2.05, 4.69) is 0 Å². The van der Waals surface area contributed by atoms with Crippen LogP contribution in [0.2, 0.25) is 5.02 Å². The van der Waals surface area contributed by atoms with Crippen molar-refractivity contribution in [2.45, 2.75) is 11.8 Å². The second-order valence-electron chi connectivity index (χ2n) is 4.45. The minimum Gasteiger partial charge on any atom is -0.497 e. The van der Waals surface area contributed by atoms with Crippen LogP contribution in [-0.2, 0) is 9.84 Å². The molecule has 0 radical (unpaired) electrons. The Bertz CT molecular complexity index is 542. The van der Waals surface area contributed by atoms with Gasteiger partial charge in [0.15, 0.2) is 9.84 Å². The van der Waals surface area contributed by atoms with Crippen LogP contribution in [0.25, 0.3) is 0 Å². The highest BCUT2D eigenvalue weighted by molar-refractivity contribution is 7.91. The fourth-order valence-electron chi connectivity index (χ4n) is 2.17. The molecule has 0 bridgehead atoms. The van der Waals surface area contributed by atoms with E-state index in [0.29, 0.717) is 17.2 Å². The van der Waals surface area contributed by atoms with Gasteiger partial charge < -0.3 is 4.74 Å². The van der Waals surface area contributed by atoms with Crippen molar-refractivity contribution in [1.82, 2.24) is 0 Å². The van der Waals surface area contributed by atoms with Crippen LogP contribution < -0.4 is 4.74 Å². The summed E-state index contributed by atoms with van der Waals surface area (Å²) in [6.07, 6.45) is 0.596. The van der Waals surface area contributed by atoms with Gasteiger partial charge in [-0.1, -0.05) is 17.7 Å². The third-order valence-corrected chi connectivity index (χ3v) is 5.90. The molecule has 1 aromatic rings. The zero-order valence-corrected chi connectivity index (χ0v) is 12.2. The maximum Gasteiger partial charge on any atom is 0.150 e. The summed E-state index contributed by atoms with van der Waals surface area (Å²) in [7, 11) is -1.36. The molecule has 2 rings (SSSR count). The van der Waals surface area contributed by atoms with Crippen LogP contribution in [-0.4, -0.2) is 27.0 Å². The molecular formula is C12H14Cl2O3S. The van der Waals surface area contributed by atoms with E-state index in [1.807, 2.05) is 0 Å². The van der Waals surface area contributed by atoms with Crippen LogP contribution in [0.4, 0.5) is 0 Å². The molecule has 1 heterocycles. The van der Waals surface area contributed by atoms with E-state index in [4.69, 9.17) is 27.9 Å². The summed E-state index contributed by atoms with van der Waals surface area (Å²) in [4.78, 5) is 0. The predicted molar refractivity (Wildman–Crippen MR) is 73.4 cm³/mol.